The number of benzene rings is 1. The van der Waals surface area contributed by atoms with Gasteiger partial charge in [-0.25, -0.2) is 0 Å². The van der Waals surface area contributed by atoms with Crippen LogP contribution in [0.25, 0.3) is 0 Å². The maximum atomic E-state index is 10.8. The zero-order valence-corrected chi connectivity index (χ0v) is 12.4. The minimum absolute atomic E-state index is 0.0183. The lowest BCUT2D eigenvalue weighted by Gasteiger charge is -2.65. The first kappa shape index (κ1) is 13.9. The van der Waals surface area contributed by atoms with Gasteiger partial charge in [-0.2, -0.15) is 5.26 Å². The van der Waals surface area contributed by atoms with E-state index in [1.54, 1.807) is 6.07 Å². The van der Waals surface area contributed by atoms with Gasteiger partial charge in [0.2, 0.25) is 0 Å². The molecule has 3 rings (SSSR count). The van der Waals surface area contributed by atoms with Crippen LogP contribution in [0, 0.1) is 32.8 Å². The largest absolute Gasteiger partial charge is 0.366 e. The Morgan fingerprint density at radius 3 is 2.67 bits per heavy atom. The molecule has 0 radical (unpaired) electrons. The van der Waals surface area contributed by atoms with Crippen molar-refractivity contribution in [2.45, 2.75) is 39.2 Å². The third-order valence-corrected chi connectivity index (χ3v) is 5.05. The van der Waals surface area contributed by atoms with Gasteiger partial charge in [0.25, 0.3) is 5.69 Å². The van der Waals surface area contributed by atoms with Gasteiger partial charge in [0.05, 0.1) is 16.2 Å². The van der Waals surface area contributed by atoms with E-state index in [1.165, 1.54) is 31.4 Å². The van der Waals surface area contributed by atoms with Gasteiger partial charge in [-0.3, -0.25) is 10.1 Å². The lowest BCUT2D eigenvalue weighted by molar-refractivity contribution is -0.384. The van der Waals surface area contributed by atoms with Crippen molar-refractivity contribution < 1.29 is 4.92 Å². The van der Waals surface area contributed by atoms with E-state index in [-0.39, 0.29) is 5.69 Å². The van der Waals surface area contributed by atoms with Crippen molar-refractivity contribution in [3.8, 4) is 6.07 Å². The van der Waals surface area contributed by atoms with Crippen LogP contribution in [0.4, 0.5) is 11.4 Å². The van der Waals surface area contributed by atoms with Crippen LogP contribution in [0.2, 0.25) is 0 Å². The van der Waals surface area contributed by atoms with Crippen molar-refractivity contribution in [2.24, 2.45) is 11.3 Å². The summed E-state index contributed by atoms with van der Waals surface area (Å²) in [6.45, 7) is 5.41. The van der Waals surface area contributed by atoms with Crippen LogP contribution in [0.5, 0.6) is 0 Å². The smallest absolute Gasteiger partial charge is 0.270 e. The van der Waals surface area contributed by atoms with Gasteiger partial charge in [0, 0.05) is 30.1 Å². The lowest BCUT2D eigenvalue weighted by Crippen LogP contribution is -2.69. The topological polar surface area (TPSA) is 70.2 Å². The molecule has 0 unspecified atom stereocenters. The molecule has 2 fully saturated rings. The minimum atomic E-state index is -0.450. The van der Waals surface area contributed by atoms with E-state index in [1.807, 2.05) is 0 Å². The quantitative estimate of drug-likeness (QED) is 0.629. The summed E-state index contributed by atoms with van der Waals surface area (Å²) in [6, 6.07) is 7.18. The van der Waals surface area contributed by atoms with Gasteiger partial charge in [-0.1, -0.05) is 20.3 Å². The van der Waals surface area contributed by atoms with Crippen LogP contribution in [0.15, 0.2) is 18.2 Å². The molecule has 5 heteroatoms. The molecular weight excluding hydrogens is 266 g/mol. The molecule has 0 aromatic heterocycles. The number of non-ortho nitro benzene ring substituents is 1. The van der Waals surface area contributed by atoms with Crippen molar-refractivity contribution >= 4 is 11.4 Å². The van der Waals surface area contributed by atoms with Gasteiger partial charge in [-0.05, 0) is 24.8 Å². The fourth-order valence-electron chi connectivity index (χ4n) is 4.11. The van der Waals surface area contributed by atoms with Crippen LogP contribution >= 0.6 is 0 Å². The van der Waals surface area contributed by atoms with Crippen molar-refractivity contribution in [3.05, 3.63) is 33.9 Å². The van der Waals surface area contributed by atoms with Gasteiger partial charge in [0.1, 0.15) is 6.07 Å². The van der Waals surface area contributed by atoms with Gasteiger partial charge >= 0.3 is 0 Å². The summed E-state index contributed by atoms with van der Waals surface area (Å²) in [5.74, 6) is 0.515. The Labute approximate surface area is 124 Å². The van der Waals surface area contributed by atoms with Crippen molar-refractivity contribution in [3.63, 3.8) is 0 Å². The lowest BCUT2D eigenvalue weighted by atomic mass is 9.55. The predicted octanol–water partition coefficient (Wildman–Crippen LogP) is 3.48. The standard InChI is InChI=1S/C16H19N3O2/c1-11(2)15-16(6-3-7-16)10-18(15)14-5-4-13(19(20)21)8-12(14)9-17/h4-5,8,11,15H,3,6-7,10H2,1-2H3/t15-/m0/s1. The summed E-state index contributed by atoms with van der Waals surface area (Å²) >= 11 is 0. The number of nitro benzene ring substituents is 1. The Morgan fingerprint density at radius 2 is 2.19 bits per heavy atom. The fourth-order valence-corrected chi connectivity index (χ4v) is 4.11. The summed E-state index contributed by atoms with van der Waals surface area (Å²) in [6.07, 6.45) is 3.82. The van der Waals surface area contributed by atoms with Crippen molar-refractivity contribution in [1.29, 1.82) is 5.26 Å². The van der Waals surface area contributed by atoms with E-state index >= 15 is 0 Å². The number of nitro groups is 1. The molecule has 1 spiro atoms. The Hall–Kier alpha value is -2.09. The first-order valence-corrected chi connectivity index (χ1v) is 7.44. The summed E-state index contributed by atoms with van der Waals surface area (Å²) in [5, 5.41) is 20.2. The number of hydrogen-bond donors (Lipinski definition) is 0. The van der Waals surface area contributed by atoms with Crippen LogP contribution in [-0.2, 0) is 0 Å². The predicted molar refractivity (Wildman–Crippen MR) is 80.1 cm³/mol. The van der Waals surface area contributed by atoms with Gasteiger partial charge in [0.15, 0.2) is 0 Å². The molecule has 1 saturated carbocycles. The van der Waals surface area contributed by atoms with E-state index in [4.69, 9.17) is 0 Å². The van der Waals surface area contributed by atoms with Crippen LogP contribution in [0.1, 0.15) is 38.7 Å². The Morgan fingerprint density at radius 1 is 1.48 bits per heavy atom. The van der Waals surface area contributed by atoms with E-state index in [9.17, 15) is 15.4 Å². The summed E-state index contributed by atoms with van der Waals surface area (Å²) < 4.78 is 0. The van der Waals surface area contributed by atoms with Crippen molar-refractivity contribution in [2.75, 3.05) is 11.4 Å². The van der Waals surface area contributed by atoms with Crippen molar-refractivity contribution in [1.82, 2.24) is 0 Å². The molecule has 0 amide bonds. The fraction of sp³-hybridized carbons (Fsp3) is 0.562. The molecule has 1 aromatic rings. The second-order valence-electron chi connectivity index (χ2n) is 6.60. The highest BCUT2D eigenvalue weighted by Crippen LogP contribution is 2.56. The first-order chi connectivity index (χ1) is 9.98. The van der Waals surface area contributed by atoms with Crippen LogP contribution in [-0.4, -0.2) is 17.5 Å². The third kappa shape index (κ3) is 1.98. The molecule has 1 atom stereocenters. The first-order valence-electron chi connectivity index (χ1n) is 7.44. The molecule has 1 aliphatic carbocycles. The molecule has 110 valence electrons. The molecular formula is C16H19N3O2. The van der Waals surface area contributed by atoms with Crippen LogP contribution in [0.3, 0.4) is 0 Å². The maximum absolute atomic E-state index is 10.8. The van der Waals surface area contributed by atoms with E-state index in [0.717, 1.165) is 12.2 Å². The second kappa shape index (κ2) is 4.73. The Balaban J connectivity index is 1.94. The third-order valence-electron chi connectivity index (χ3n) is 5.05. The van der Waals surface area contributed by atoms with E-state index in [2.05, 4.69) is 24.8 Å². The number of hydrogen-bond acceptors (Lipinski definition) is 4. The normalized spacial score (nSPS) is 22.6. The highest BCUT2D eigenvalue weighted by atomic mass is 16.6. The second-order valence-corrected chi connectivity index (χ2v) is 6.60. The molecule has 0 bridgehead atoms. The molecule has 5 nitrogen and oxygen atoms in total. The summed E-state index contributed by atoms with van der Waals surface area (Å²) in [7, 11) is 0. The number of nitriles is 1. The van der Waals surface area contributed by atoms with E-state index in [0.29, 0.717) is 22.9 Å². The molecule has 21 heavy (non-hydrogen) atoms. The average Bonchev–Trinajstić information content (AvgIpc) is 2.35. The number of nitrogens with zero attached hydrogens (tertiary/aromatic N) is 3. The Bertz CT molecular complexity index is 629. The zero-order valence-electron chi connectivity index (χ0n) is 12.4. The maximum Gasteiger partial charge on any atom is 0.270 e. The highest BCUT2D eigenvalue weighted by molar-refractivity contribution is 5.65. The number of anilines is 1. The molecule has 0 N–H and O–H groups in total. The zero-order chi connectivity index (χ0) is 15.2. The molecule has 1 saturated heterocycles. The van der Waals surface area contributed by atoms with Crippen LogP contribution < -0.4 is 4.90 Å². The number of rotatable bonds is 3. The SMILES string of the molecule is CC(C)[C@@H]1N(c2ccc([N+](=O)[O-])cc2C#N)CC12CCC2. The van der Waals surface area contributed by atoms with Gasteiger partial charge < -0.3 is 4.90 Å². The Kier molecular flexibility index (Phi) is 3.12. The monoisotopic (exact) mass is 285 g/mol. The highest BCUT2D eigenvalue weighted by Gasteiger charge is 2.56. The minimum Gasteiger partial charge on any atom is -0.366 e. The molecule has 1 heterocycles. The van der Waals surface area contributed by atoms with Gasteiger partial charge in [-0.15, -0.1) is 0 Å². The molecule has 1 aromatic carbocycles. The average molecular weight is 285 g/mol. The molecule has 1 aliphatic heterocycles. The summed E-state index contributed by atoms with van der Waals surface area (Å²) in [4.78, 5) is 12.7. The summed E-state index contributed by atoms with van der Waals surface area (Å²) in [5.41, 5.74) is 1.65. The van der Waals surface area contributed by atoms with E-state index < -0.39 is 4.92 Å². The molecule has 2 aliphatic rings.